The zero-order valence-corrected chi connectivity index (χ0v) is 12.7. The van der Waals surface area contributed by atoms with Crippen molar-refractivity contribution in [1.82, 2.24) is 4.98 Å². The fraction of sp³-hybridized carbons (Fsp3) is 0. The zero-order valence-electron chi connectivity index (χ0n) is 8.15. The van der Waals surface area contributed by atoms with E-state index in [-0.39, 0.29) is 0 Å². The highest BCUT2D eigenvalue weighted by atomic mass is 127. The van der Waals surface area contributed by atoms with Crippen LogP contribution in [0.4, 0.5) is 5.69 Å². The highest BCUT2D eigenvalue weighted by Gasteiger charge is 2.06. The Morgan fingerprint density at radius 2 is 2.12 bits per heavy atom. The van der Waals surface area contributed by atoms with Crippen molar-refractivity contribution >= 4 is 56.0 Å². The fourth-order valence-electron chi connectivity index (χ4n) is 1.15. The fourth-order valence-corrected chi connectivity index (χ4v) is 3.30. The summed E-state index contributed by atoms with van der Waals surface area (Å²) in [5, 5.41) is 0.963. The first-order chi connectivity index (χ1) is 7.66. The van der Waals surface area contributed by atoms with Crippen LogP contribution in [0.25, 0.3) is 0 Å². The van der Waals surface area contributed by atoms with Crippen LogP contribution < -0.4 is 5.73 Å². The first-order valence-electron chi connectivity index (χ1n) is 4.50. The minimum Gasteiger partial charge on any atom is -0.399 e. The van der Waals surface area contributed by atoms with Gasteiger partial charge in [0.15, 0.2) is 0 Å². The Bertz CT molecular complexity index is 519. The molecule has 0 aliphatic heterocycles. The van der Waals surface area contributed by atoms with E-state index in [4.69, 9.17) is 5.73 Å². The molecule has 0 saturated heterocycles. The second kappa shape index (κ2) is 5.37. The number of rotatable bonds is 2. The molecule has 0 spiro atoms. The third-order valence-corrected chi connectivity index (χ3v) is 5.14. The Morgan fingerprint density at radius 1 is 1.31 bits per heavy atom. The lowest BCUT2D eigenvalue weighted by atomic mass is 10.3. The van der Waals surface area contributed by atoms with Crippen LogP contribution in [0, 0.1) is 3.57 Å². The minimum absolute atomic E-state index is 0.786. The average Bonchev–Trinajstić information content (AvgIpc) is 2.25. The summed E-state index contributed by atoms with van der Waals surface area (Å²) in [6.45, 7) is 0. The van der Waals surface area contributed by atoms with E-state index in [1.165, 1.54) is 0 Å². The Hall–Kier alpha value is -0.270. The van der Waals surface area contributed by atoms with E-state index >= 15 is 0 Å². The Labute approximate surface area is 120 Å². The zero-order chi connectivity index (χ0) is 11.5. The van der Waals surface area contributed by atoms with E-state index in [1.807, 2.05) is 30.3 Å². The number of pyridine rings is 1. The van der Waals surface area contributed by atoms with Gasteiger partial charge in [-0.15, -0.1) is 0 Å². The molecule has 0 saturated carbocycles. The van der Waals surface area contributed by atoms with Gasteiger partial charge in [0, 0.05) is 20.3 Å². The lowest BCUT2D eigenvalue weighted by molar-refractivity contribution is 1.11. The van der Waals surface area contributed by atoms with Crippen LogP contribution in [0.1, 0.15) is 0 Å². The first kappa shape index (κ1) is 12.2. The topological polar surface area (TPSA) is 38.9 Å². The van der Waals surface area contributed by atoms with Crippen molar-refractivity contribution in [3.63, 3.8) is 0 Å². The molecule has 0 amide bonds. The number of nitrogen functional groups attached to an aromatic ring is 1. The quantitative estimate of drug-likeness (QED) is 0.600. The largest absolute Gasteiger partial charge is 0.399 e. The Kier molecular flexibility index (Phi) is 4.10. The van der Waals surface area contributed by atoms with Crippen LogP contribution >= 0.6 is 50.3 Å². The van der Waals surface area contributed by atoms with E-state index in [0.29, 0.717) is 0 Å². The van der Waals surface area contributed by atoms with Gasteiger partial charge in [0.1, 0.15) is 5.03 Å². The molecule has 0 aliphatic carbocycles. The van der Waals surface area contributed by atoms with Crippen molar-refractivity contribution in [1.29, 1.82) is 0 Å². The number of hydrogen-bond donors (Lipinski definition) is 1. The number of nitrogens with two attached hydrogens (primary N) is 1. The van der Waals surface area contributed by atoms with E-state index in [9.17, 15) is 0 Å². The van der Waals surface area contributed by atoms with Crippen LogP contribution in [0.5, 0.6) is 0 Å². The highest BCUT2D eigenvalue weighted by Crippen LogP contribution is 2.34. The third-order valence-electron chi connectivity index (χ3n) is 1.89. The van der Waals surface area contributed by atoms with Crippen molar-refractivity contribution in [2.24, 2.45) is 0 Å². The summed E-state index contributed by atoms with van der Waals surface area (Å²) in [4.78, 5) is 5.48. The minimum atomic E-state index is 0.786. The molecule has 0 bridgehead atoms. The predicted octanol–water partition coefficient (Wildman–Crippen LogP) is 4.18. The maximum atomic E-state index is 5.71. The summed E-state index contributed by atoms with van der Waals surface area (Å²) in [5.41, 5.74) is 6.50. The highest BCUT2D eigenvalue weighted by molar-refractivity contribution is 14.1. The molecule has 2 N–H and O–H groups in total. The van der Waals surface area contributed by atoms with Gasteiger partial charge in [0.05, 0.1) is 4.47 Å². The number of aromatic nitrogens is 1. The molecule has 0 unspecified atom stereocenters. The molecule has 1 aromatic heterocycles. The number of hydrogen-bond acceptors (Lipinski definition) is 3. The smallest absolute Gasteiger partial charge is 0.115 e. The van der Waals surface area contributed by atoms with E-state index < -0.39 is 0 Å². The van der Waals surface area contributed by atoms with E-state index in [1.54, 1.807) is 18.0 Å². The van der Waals surface area contributed by atoms with Crippen molar-refractivity contribution in [3.05, 3.63) is 44.6 Å². The average molecular weight is 407 g/mol. The van der Waals surface area contributed by atoms with Gasteiger partial charge in [0.25, 0.3) is 0 Å². The van der Waals surface area contributed by atoms with Gasteiger partial charge in [0.2, 0.25) is 0 Å². The predicted molar refractivity (Wildman–Crippen MR) is 79.6 cm³/mol. The van der Waals surface area contributed by atoms with Gasteiger partial charge in [-0.25, -0.2) is 4.98 Å². The first-order valence-corrected chi connectivity index (χ1v) is 7.19. The van der Waals surface area contributed by atoms with Gasteiger partial charge >= 0.3 is 0 Å². The van der Waals surface area contributed by atoms with Crippen LogP contribution in [0.15, 0.2) is 50.9 Å². The molecule has 82 valence electrons. The van der Waals surface area contributed by atoms with E-state index in [2.05, 4.69) is 43.5 Å². The molecule has 0 radical (unpaired) electrons. The second-order valence-corrected chi connectivity index (χ2v) is 6.13. The van der Waals surface area contributed by atoms with Crippen molar-refractivity contribution < 1.29 is 0 Å². The number of halogens is 2. The molecule has 2 aromatic rings. The summed E-state index contributed by atoms with van der Waals surface area (Å²) >= 11 is 7.39. The van der Waals surface area contributed by atoms with Gasteiger partial charge < -0.3 is 5.73 Å². The van der Waals surface area contributed by atoms with Crippen LogP contribution in [-0.2, 0) is 0 Å². The van der Waals surface area contributed by atoms with Crippen molar-refractivity contribution in [2.45, 2.75) is 9.92 Å². The molecule has 0 fully saturated rings. The second-order valence-electron chi connectivity index (χ2n) is 3.08. The number of benzene rings is 1. The van der Waals surface area contributed by atoms with E-state index in [0.717, 1.165) is 23.7 Å². The van der Waals surface area contributed by atoms with Crippen molar-refractivity contribution in [3.8, 4) is 0 Å². The van der Waals surface area contributed by atoms with Gasteiger partial charge in [-0.3, -0.25) is 0 Å². The van der Waals surface area contributed by atoms with Gasteiger partial charge in [-0.1, -0.05) is 11.8 Å². The van der Waals surface area contributed by atoms with Crippen LogP contribution in [0.2, 0.25) is 0 Å². The molecule has 2 rings (SSSR count). The number of nitrogens with zero attached hydrogens (tertiary/aromatic N) is 1. The summed E-state index contributed by atoms with van der Waals surface area (Å²) in [6, 6.07) is 9.77. The third kappa shape index (κ3) is 2.89. The Balaban J connectivity index is 2.31. The summed E-state index contributed by atoms with van der Waals surface area (Å²) in [7, 11) is 0. The lowest BCUT2D eigenvalue weighted by Crippen LogP contribution is -1.88. The van der Waals surface area contributed by atoms with Crippen molar-refractivity contribution in [2.75, 3.05) is 5.73 Å². The maximum Gasteiger partial charge on any atom is 0.115 e. The molecule has 5 heteroatoms. The lowest BCUT2D eigenvalue weighted by Gasteiger charge is -2.05. The molecular formula is C11H8BrIN2S. The summed E-state index contributed by atoms with van der Waals surface area (Å²) in [5.74, 6) is 0. The molecule has 16 heavy (non-hydrogen) atoms. The summed E-state index contributed by atoms with van der Waals surface area (Å²) in [6.07, 6.45) is 1.79. The molecule has 2 nitrogen and oxygen atoms in total. The van der Waals surface area contributed by atoms with Crippen LogP contribution in [-0.4, -0.2) is 4.98 Å². The maximum absolute atomic E-state index is 5.71. The van der Waals surface area contributed by atoms with Gasteiger partial charge in [-0.05, 0) is 68.9 Å². The normalized spacial score (nSPS) is 10.4. The molecule has 1 heterocycles. The summed E-state index contributed by atoms with van der Waals surface area (Å²) < 4.78 is 2.15. The molecule has 1 aromatic carbocycles. The molecule has 0 aliphatic rings. The standard InChI is InChI=1S/C11H8BrIN2S/c12-8-2-1-5-15-11(8)16-10-4-3-7(14)6-9(10)13/h1-6H,14H2. The Morgan fingerprint density at radius 3 is 2.81 bits per heavy atom. The molecular weight excluding hydrogens is 399 g/mol. The van der Waals surface area contributed by atoms with Crippen LogP contribution in [0.3, 0.4) is 0 Å². The van der Waals surface area contributed by atoms with Gasteiger partial charge in [-0.2, -0.15) is 0 Å². The molecule has 0 atom stereocenters. The number of anilines is 1. The monoisotopic (exact) mass is 406 g/mol. The SMILES string of the molecule is Nc1ccc(Sc2ncccc2Br)c(I)c1.